The summed E-state index contributed by atoms with van der Waals surface area (Å²) in [5.41, 5.74) is 23.1. The van der Waals surface area contributed by atoms with E-state index >= 15 is 0 Å². The Morgan fingerprint density at radius 2 is 0.690 bits per heavy atom. The first kappa shape index (κ1) is 55.6. The van der Waals surface area contributed by atoms with Crippen LogP contribution in [0.25, 0.3) is 111 Å². The zero-order valence-electron chi connectivity index (χ0n) is 51.8. The van der Waals surface area contributed by atoms with E-state index < -0.39 is 0 Å². The molecule has 0 saturated carbocycles. The molecule has 0 spiro atoms. The Labute approximate surface area is 496 Å². The molecule has 0 N–H and O–H groups in total. The van der Waals surface area contributed by atoms with Crippen LogP contribution in [0.1, 0.15) is 133 Å². The minimum atomic E-state index is -0.133. The highest BCUT2D eigenvalue weighted by molar-refractivity contribution is 6.12. The van der Waals surface area contributed by atoms with Crippen LogP contribution in [0.3, 0.4) is 0 Å². The molecule has 9 aromatic carbocycles. The molecule has 84 heavy (non-hydrogen) atoms. The van der Waals surface area contributed by atoms with Crippen molar-refractivity contribution in [2.45, 2.75) is 132 Å². The van der Waals surface area contributed by atoms with Gasteiger partial charge in [-0.25, -0.2) is 15.0 Å². The zero-order chi connectivity index (χ0) is 59.5. The summed E-state index contributed by atoms with van der Waals surface area (Å²) in [5, 5.41) is 15.0. The summed E-state index contributed by atoms with van der Waals surface area (Å²) in [6.45, 7) is 36.1. The lowest BCUT2D eigenvalue weighted by Crippen LogP contribution is -2.17. The molecule has 0 amide bonds. The van der Waals surface area contributed by atoms with Gasteiger partial charge in [0.15, 0.2) is 17.5 Å². The maximum Gasteiger partial charge on any atom is 0.164 e. The first-order valence-electron chi connectivity index (χ1n) is 29.6. The maximum absolute atomic E-state index is 10.2. The fourth-order valence-corrected chi connectivity index (χ4v) is 12.0. The molecule has 0 aliphatic carbocycles. The molecule has 0 radical (unpaired) electrons. The molecule has 0 aliphatic heterocycles. The lowest BCUT2D eigenvalue weighted by Gasteiger charge is -2.26. The Morgan fingerprint density at radius 1 is 0.321 bits per heavy atom. The maximum atomic E-state index is 10.2. The van der Waals surface area contributed by atoms with Gasteiger partial charge in [0, 0.05) is 49.4 Å². The van der Waals surface area contributed by atoms with Crippen LogP contribution in [0.4, 0.5) is 0 Å². The highest BCUT2D eigenvalue weighted by Gasteiger charge is 2.28. The van der Waals surface area contributed by atoms with Crippen molar-refractivity contribution in [2.24, 2.45) is 0 Å². The molecule has 0 unspecified atom stereocenters. The summed E-state index contributed by atoms with van der Waals surface area (Å²) in [4.78, 5) is 16.8. The van der Waals surface area contributed by atoms with Gasteiger partial charge in [0.1, 0.15) is 0 Å². The number of benzene rings is 9. The molecule has 3 heterocycles. The van der Waals surface area contributed by atoms with E-state index in [4.69, 9.17) is 15.0 Å². The third-order valence-corrected chi connectivity index (χ3v) is 17.0. The summed E-state index contributed by atoms with van der Waals surface area (Å²) in [5.74, 6) is 1.84. The summed E-state index contributed by atoms with van der Waals surface area (Å²) in [7, 11) is 0. The fraction of sp³-hybridized carbons (Fsp3) is 0.256. The second-order valence-electron chi connectivity index (χ2n) is 27.8. The summed E-state index contributed by atoms with van der Waals surface area (Å²) >= 11 is 0. The number of hydrogen-bond acceptors (Lipinski definition) is 4. The zero-order valence-corrected chi connectivity index (χ0v) is 51.8. The number of hydrogen-bond donors (Lipinski definition) is 0. The van der Waals surface area contributed by atoms with Gasteiger partial charge in [0.2, 0.25) is 0 Å². The Balaban J connectivity index is 1.22. The van der Waals surface area contributed by atoms with Crippen molar-refractivity contribution in [1.82, 2.24) is 24.1 Å². The van der Waals surface area contributed by atoms with Crippen LogP contribution in [-0.2, 0) is 21.7 Å². The average molecular weight is 1100 g/mol. The lowest BCUT2D eigenvalue weighted by atomic mass is 9.79. The van der Waals surface area contributed by atoms with Gasteiger partial charge in [0.05, 0.1) is 45.1 Å². The molecule has 0 bridgehead atoms. The van der Waals surface area contributed by atoms with Crippen molar-refractivity contribution in [3.63, 3.8) is 0 Å². The Bertz CT molecular complexity index is 4420. The smallest absolute Gasteiger partial charge is 0.164 e. The molecule has 12 aromatic rings. The van der Waals surface area contributed by atoms with E-state index in [2.05, 4.69) is 278 Å². The van der Waals surface area contributed by atoms with Gasteiger partial charge in [-0.2, -0.15) is 5.26 Å². The van der Waals surface area contributed by atoms with Crippen LogP contribution in [0.2, 0.25) is 0 Å². The predicted molar refractivity (Wildman–Crippen MR) is 354 cm³/mol. The first-order valence-corrected chi connectivity index (χ1v) is 29.6. The van der Waals surface area contributed by atoms with Crippen LogP contribution in [0, 0.1) is 39.0 Å². The van der Waals surface area contributed by atoms with E-state index in [-0.39, 0.29) is 21.7 Å². The molecule has 6 nitrogen and oxygen atoms in total. The van der Waals surface area contributed by atoms with Crippen LogP contribution in [0.5, 0.6) is 0 Å². The molecule has 3 aromatic heterocycles. The molecule has 418 valence electrons. The summed E-state index contributed by atoms with van der Waals surface area (Å²) in [6, 6.07) is 65.2. The quantitative estimate of drug-likeness (QED) is 0.159. The van der Waals surface area contributed by atoms with Crippen LogP contribution in [-0.4, -0.2) is 24.1 Å². The van der Waals surface area contributed by atoms with Crippen LogP contribution in [0.15, 0.2) is 170 Å². The van der Waals surface area contributed by atoms with E-state index in [1.165, 1.54) is 66.1 Å². The SMILES string of the molecule is Cc1ccc2c(c1)c1cc(C)ccc1n2-c1ccc(-c2nc(-c3cc(C(C)(C)C)cc(C(C)(C)C)c3)nc(-c3cc(C(C)(C)C)cc(C(C)(C)C)c3)n2)cc1-c1ccc(-c2cccc(C#N)c2)cc1-n1c2ccc(C)cc2c2cc(C)ccc21. The highest BCUT2D eigenvalue weighted by atomic mass is 15.0. The van der Waals surface area contributed by atoms with Crippen molar-refractivity contribution in [3.05, 3.63) is 220 Å². The highest BCUT2D eigenvalue weighted by Crippen LogP contribution is 2.45. The van der Waals surface area contributed by atoms with Gasteiger partial charge >= 0.3 is 0 Å². The minimum Gasteiger partial charge on any atom is -0.309 e. The normalized spacial score (nSPS) is 12.5. The topological polar surface area (TPSA) is 72.3 Å². The van der Waals surface area contributed by atoms with Crippen molar-refractivity contribution >= 4 is 43.6 Å². The fourth-order valence-electron chi connectivity index (χ4n) is 12.0. The summed E-state index contributed by atoms with van der Waals surface area (Å²) in [6.07, 6.45) is 0. The number of nitrogens with zero attached hydrogens (tertiary/aromatic N) is 6. The third kappa shape index (κ3) is 10.2. The molecular formula is C78H76N6. The van der Waals surface area contributed by atoms with Gasteiger partial charge in [-0.1, -0.05) is 166 Å². The molecular weight excluding hydrogens is 1020 g/mol. The van der Waals surface area contributed by atoms with Gasteiger partial charge in [0.25, 0.3) is 0 Å². The summed E-state index contributed by atoms with van der Waals surface area (Å²) < 4.78 is 4.91. The standard InChI is InChI=1S/C78H76N6/c1-46-20-27-66-61(32-46)62-33-47(2)21-28-67(62)83(66)70-31-25-53(41-65(70)60-26-24-52(51-19-17-18-50(36-51)45-79)42-71(60)84-68-29-22-48(3)34-63(68)64-35-49(4)23-30-69(64)84)72-80-73(54-37-56(75(5,6)7)43-57(38-54)76(8,9)10)82-74(81-72)55-39-58(77(11,12)13)44-59(40-55)78(14,15)16/h17-44H,1-16H3. The average Bonchev–Trinajstić information content (AvgIpc) is 1.80. The Kier molecular flexibility index (Phi) is 13.3. The second-order valence-corrected chi connectivity index (χ2v) is 27.8. The molecule has 0 atom stereocenters. The van der Waals surface area contributed by atoms with E-state index in [1.54, 1.807) is 0 Å². The van der Waals surface area contributed by atoms with Gasteiger partial charge in [-0.05, 0) is 192 Å². The van der Waals surface area contributed by atoms with Gasteiger partial charge < -0.3 is 9.13 Å². The third-order valence-electron chi connectivity index (χ3n) is 17.0. The second kappa shape index (κ2) is 20.2. The van der Waals surface area contributed by atoms with Crippen molar-refractivity contribution in [3.8, 4) is 73.9 Å². The van der Waals surface area contributed by atoms with Crippen LogP contribution >= 0.6 is 0 Å². The lowest BCUT2D eigenvalue weighted by molar-refractivity contribution is 0.568. The monoisotopic (exact) mass is 1100 g/mol. The van der Waals surface area contributed by atoms with Crippen molar-refractivity contribution < 1.29 is 0 Å². The molecule has 6 heteroatoms. The van der Waals surface area contributed by atoms with Gasteiger partial charge in [-0.3, -0.25) is 0 Å². The van der Waals surface area contributed by atoms with Crippen molar-refractivity contribution in [2.75, 3.05) is 0 Å². The number of aromatic nitrogens is 5. The van der Waals surface area contributed by atoms with Crippen molar-refractivity contribution in [1.29, 1.82) is 5.26 Å². The van der Waals surface area contributed by atoms with E-state index in [9.17, 15) is 5.26 Å². The number of aryl methyl sites for hydroxylation is 4. The molecule has 12 rings (SSSR count). The Morgan fingerprint density at radius 3 is 1.08 bits per heavy atom. The molecule has 0 fully saturated rings. The van der Waals surface area contributed by atoms with E-state index in [0.29, 0.717) is 23.0 Å². The number of fused-ring (bicyclic) bond motifs is 6. The Hall–Kier alpha value is -8.92. The van der Waals surface area contributed by atoms with Gasteiger partial charge in [-0.15, -0.1) is 0 Å². The van der Waals surface area contributed by atoms with E-state index in [1.807, 2.05) is 18.2 Å². The first-order chi connectivity index (χ1) is 39.7. The largest absolute Gasteiger partial charge is 0.309 e. The minimum absolute atomic E-state index is 0.133. The number of nitriles is 1. The predicted octanol–water partition coefficient (Wildman–Crippen LogP) is 20.7. The van der Waals surface area contributed by atoms with E-state index in [0.717, 1.165) is 72.4 Å². The van der Waals surface area contributed by atoms with Crippen LogP contribution < -0.4 is 0 Å². The molecule has 0 aliphatic rings. The number of rotatable bonds is 7. The molecule has 0 saturated heterocycles.